The van der Waals surface area contributed by atoms with Crippen molar-refractivity contribution in [2.75, 3.05) is 6.54 Å². The van der Waals surface area contributed by atoms with Crippen molar-refractivity contribution in [1.82, 2.24) is 5.32 Å². The van der Waals surface area contributed by atoms with Crippen molar-refractivity contribution in [2.24, 2.45) is 0 Å². The van der Waals surface area contributed by atoms with Crippen LogP contribution in [0.25, 0.3) is 0 Å². The zero-order valence-corrected chi connectivity index (χ0v) is 19.7. The second-order valence-electron chi connectivity index (χ2n) is 9.39. The van der Waals surface area contributed by atoms with Gasteiger partial charge in [0.2, 0.25) is 40.7 Å². The average Bonchev–Trinajstić information content (AvgIpc) is 3.29. The van der Waals surface area contributed by atoms with Gasteiger partial charge in [-0.1, -0.05) is 0 Å². The quantitative estimate of drug-likeness (QED) is 0.199. The number of benzene rings is 1. The Balaban J connectivity index is 1.32. The largest absolute Gasteiger partial charge is 0.420 e. The van der Waals surface area contributed by atoms with Crippen LogP contribution in [0.5, 0.6) is 5.75 Å². The summed E-state index contributed by atoms with van der Waals surface area (Å²) >= 11 is 0. The van der Waals surface area contributed by atoms with Crippen molar-refractivity contribution in [3.8, 4) is 5.75 Å². The van der Waals surface area contributed by atoms with Crippen molar-refractivity contribution in [1.29, 1.82) is 0 Å². The van der Waals surface area contributed by atoms with E-state index in [4.69, 9.17) is 23.7 Å². The third-order valence-electron chi connectivity index (χ3n) is 5.69. The third-order valence-corrected chi connectivity index (χ3v) is 5.69. The summed E-state index contributed by atoms with van der Waals surface area (Å²) in [4.78, 5) is 24.1. The molecule has 0 aliphatic carbocycles. The predicted octanol–water partition coefficient (Wildman–Crippen LogP) is 2.58. The van der Waals surface area contributed by atoms with Crippen molar-refractivity contribution >= 4 is 11.9 Å². The lowest BCUT2D eigenvalue weighted by molar-refractivity contribution is -0.232. The Hall–Kier alpha value is -2.39. The normalized spacial score (nSPS) is 30.0. The minimum Gasteiger partial charge on any atom is -0.420 e. The molecule has 3 saturated heterocycles. The number of ether oxygens (including phenoxy) is 6. The zero-order valence-electron chi connectivity index (χ0n) is 19.7. The molecular formula is C22H24F5NO8. The average molecular weight is 525 g/mol. The van der Waals surface area contributed by atoms with Gasteiger partial charge in [-0.15, -0.1) is 0 Å². The molecule has 3 aliphatic rings. The van der Waals surface area contributed by atoms with Crippen molar-refractivity contribution in [3.05, 3.63) is 29.1 Å². The van der Waals surface area contributed by atoms with Gasteiger partial charge in [0, 0.05) is 13.0 Å². The summed E-state index contributed by atoms with van der Waals surface area (Å²) in [7, 11) is 0. The molecule has 9 nitrogen and oxygen atoms in total. The molecule has 1 aromatic carbocycles. The lowest BCUT2D eigenvalue weighted by Crippen LogP contribution is -2.57. The molecule has 0 bridgehead atoms. The first-order chi connectivity index (χ1) is 16.7. The Labute approximate surface area is 202 Å². The van der Waals surface area contributed by atoms with Gasteiger partial charge in [0.1, 0.15) is 24.4 Å². The molecule has 0 saturated carbocycles. The van der Waals surface area contributed by atoms with E-state index in [-0.39, 0.29) is 6.54 Å². The standard InChI is InChI=1S/C22H24F5NO8/c1-21(2)33-16-8(31-20-19(18(16)34-21)35-22(3,4)36-20)7-28-9(29)5-6-10(30)32-17-14(26)12(24)11(23)13(25)15(17)27/h8,16,18-20H,5-7H2,1-4H3,(H,28,29)/t8-,16+,18+,19-,20-/m1/s1. The summed E-state index contributed by atoms with van der Waals surface area (Å²) in [5.74, 6) is -17.2. The molecule has 1 N–H and O–H groups in total. The molecule has 3 aliphatic heterocycles. The number of fused-ring (bicyclic) bond motifs is 3. The monoisotopic (exact) mass is 525 g/mol. The first-order valence-corrected chi connectivity index (χ1v) is 11.0. The molecule has 200 valence electrons. The van der Waals surface area contributed by atoms with E-state index in [0.29, 0.717) is 0 Å². The number of esters is 1. The Morgan fingerprint density at radius 2 is 1.31 bits per heavy atom. The Morgan fingerprint density at radius 3 is 1.94 bits per heavy atom. The van der Waals surface area contributed by atoms with Crippen LogP contribution in [0, 0.1) is 29.1 Å². The molecule has 0 aromatic heterocycles. The minimum atomic E-state index is -2.39. The van der Waals surface area contributed by atoms with Gasteiger partial charge in [0.15, 0.2) is 17.9 Å². The van der Waals surface area contributed by atoms with E-state index in [1.807, 2.05) is 0 Å². The molecule has 5 atom stereocenters. The number of carbonyl (C=O) groups excluding carboxylic acids is 2. The molecule has 36 heavy (non-hydrogen) atoms. The number of hydrogen-bond acceptors (Lipinski definition) is 8. The van der Waals surface area contributed by atoms with Crippen LogP contribution in [-0.2, 0) is 33.3 Å². The molecule has 1 amide bonds. The maximum absolute atomic E-state index is 13.7. The van der Waals surface area contributed by atoms with Crippen LogP contribution >= 0.6 is 0 Å². The van der Waals surface area contributed by atoms with Gasteiger partial charge in [0.05, 0.1) is 6.42 Å². The van der Waals surface area contributed by atoms with Crippen molar-refractivity contribution in [2.45, 2.75) is 82.8 Å². The highest BCUT2D eigenvalue weighted by atomic mass is 19.2. The number of amides is 1. The molecule has 4 rings (SSSR count). The maximum atomic E-state index is 13.7. The molecule has 3 heterocycles. The number of halogens is 5. The molecule has 3 fully saturated rings. The van der Waals surface area contributed by atoms with E-state index in [9.17, 15) is 31.5 Å². The van der Waals surface area contributed by atoms with Crippen LogP contribution in [0.4, 0.5) is 22.0 Å². The fraction of sp³-hybridized carbons (Fsp3) is 0.636. The molecule has 0 unspecified atom stereocenters. The lowest BCUT2D eigenvalue weighted by Gasteiger charge is -2.37. The van der Waals surface area contributed by atoms with Crippen molar-refractivity contribution < 1.29 is 60.0 Å². The molecule has 1 aromatic rings. The summed E-state index contributed by atoms with van der Waals surface area (Å²) in [6.07, 6.45) is -4.41. The molecule has 0 radical (unpaired) electrons. The molecule has 14 heteroatoms. The Morgan fingerprint density at radius 1 is 0.778 bits per heavy atom. The van der Waals surface area contributed by atoms with E-state index < -0.39 is 102 Å². The number of nitrogens with one attached hydrogen (secondary N) is 1. The first-order valence-electron chi connectivity index (χ1n) is 11.0. The highest BCUT2D eigenvalue weighted by Crippen LogP contribution is 2.44. The van der Waals surface area contributed by atoms with Gasteiger partial charge in [-0.25, -0.2) is 13.2 Å². The van der Waals surface area contributed by atoms with Gasteiger partial charge in [-0.3, -0.25) is 9.59 Å². The highest BCUT2D eigenvalue weighted by Gasteiger charge is 2.60. The molecule has 0 spiro atoms. The van der Waals surface area contributed by atoms with E-state index >= 15 is 0 Å². The van der Waals surface area contributed by atoms with Crippen molar-refractivity contribution in [3.63, 3.8) is 0 Å². The fourth-order valence-electron chi connectivity index (χ4n) is 4.22. The van der Waals surface area contributed by atoms with Crippen LogP contribution in [-0.4, -0.2) is 60.7 Å². The summed E-state index contributed by atoms with van der Waals surface area (Å²) in [5, 5.41) is 2.54. The van der Waals surface area contributed by atoms with Gasteiger partial charge in [-0.2, -0.15) is 8.78 Å². The van der Waals surface area contributed by atoms with Gasteiger partial charge < -0.3 is 33.7 Å². The number of rotatable bonds is 6. The van der Waals surface area contributed by atoms with E-state index in [0.717, 1.165) is 0 Å². The summed E-state index contributed by atoms with van der Waals surface area (Å²) < 4.78 is 101. The van der Waals surface area contributed by atoms with Crippen LogP contribution < -0.4 is 10.1 Å². The Kier molecular flexibility index (Phi) is 7.03. The van der Waals surface area contributed by atoms with Gasteiger partial charge in [-0.05, 0) is 27.7 Å². The number of carbonyl (C=O) groups is 2. The number of hydrogen-bond donors (Lipinski definition) is 1. The van der Waals surface area contributed by atoms with Crippen LogP contribution in [0.1, 0.15) is 40.5 Å². The Bertz CT molecular complexity index is 1040. The summed E-state index contributed by atoms with van der Waals surface area (Å²) in [5.41, 5.74) is 0. The second kappa shape index (κ2) is 9.49. The lowest BCUT2D eigenvalue weighted by atomic mass is 9.99. The van der Waals surface area contributed by atoms with Crippen LogP contribution in [0.15, 0.2) is 0 Å². The maximum Gasteiger partial charge on any atom is 0.311 e. The highest BCUT2D eigenvalue weighted by molar-refractivity contribution is 5.82. The van der Waals surface area contributed by atoms with Gasteiger partial charge in [0.25, 0.3) is 0 Å². The molecular weight excluding hydrogens is 501 g/mol. The summed E-state index contributed by atoms with van der Waals surface area (Å²) in [6, 6.07) is 0. The SMILES string of the molecule is CC1(C)O[C@H]2[C@@H](O1)[C@@H](CNC(=O)CCC(=O)Oc1c(F)c(F)c(F)c(F)c1F)O[C@@H]1OC(C)(C)O[C@@H]12. The van der Waals surface area contributed by atoms with E-state index in [2.05, 4.69) is 10.1 Å². The van der Waals surface area contributed by atoms with E-state index in [1.165, 1.54) is 0 Å². The minimum absolute atomic E-state index is 0.0703. The zero-order chi connectivity index (χ0) is 26.6. The predicted molar refractivity (Wildman–Crippen MR) is 107 cm³/mol. The van der Waals surface area contributed by atoms with Crippen LogP contribution in [0.2, 0.25) is 0 Å². The van der Waals surface area contributed by atoms with Gasteiger partial charge >= 0.3 is 5.97 Å². The topological polar surface area (TPSA) is 102 Å². The van der Waals surface area contributed by atoms with E-state index in [1.54, 1.807) is 27.7 Å². The van der Waals surface area contributed by atoms with Crippen LogP contribution in [0.3, 0.4) is 0 Å². The second-order valence-corrected chi connectivity index (χ2v) is 9.39. The smallest absolute Gasteiger partial charge is 0.311 e. The third kappa shape index (κ3) is 5.18. The first kappa shape index (κ1) is 26.7. The fourth-order valence-corrected chi connectivity index (χ4v) is 4.22. The summed E-state index contributed by atoms with van der Waals surface area (Å²) in [6.45, 7) is 6.79.